The highest BCUT2D eigenvalue weighted by molar-refractivity contribution is 8.00. The second-order valence-corrected chi connectivity index (χ2v) is 9.01. The van der Waals surface area contributed by atoms with Gasteiger partial charge in [0, 0.05) is 11.9 Å². The molecule has 0 saturated heterocycles. The standard InChI is InChI=1S/C25H25N5O2S2/c1-4-6-14-32-18-12-10-17(11-13-18)27-25-26-15-21(33-3)24(29-25)28-19-8-7-9-20-23(19)34-16-30(20)22(31)5-2/h4-5,7-13,15H,1-2,6,14,16H2,3H3,(H2,26,27,28,29). The van der Waals surface area contributed by atoms with Gasteiger partial charge in [-0.2, -0.15) is 4.98 Å². The van der Waals surface area contributed by atoms with Crippen LogP contribution in [0.1, 0.15) is 6.42 Å². The number of carbonyl (C=O) groups is 1. The molecule has 7 nitrogen and oxygen atoms in total. The highest BCUT2D eigenvalue weighted by Gasteiger charge is 2.26. The number of amides is 1. The molecule has 0 atom stereocenters. The van der Waals surface area contributed by atoms with E-state index in [2.05, 4.69) is 28.8 Å². The summed E-state index contributed by atoms with van der Waals surface area (Å²) in [6.07, 6.45) is 7.74. The highest BCUT2D eigenvalue weighted by Crippen LogP contribution is 2.44. The molecule has 0 fully saturated rings. The van der Waals surface area contributed by atoms with E-state index in [9.17, 15) is 4.79 Å². The molecule has 0 saturated carbocycles. The Hall–Kier alpha value is -3.43. The van der Waals surface area contributed by atoms with Crippen LogP contribution in [0.3, 0.4) is 0 Å². The van der Waals surface area contributed by atoms with E-state index in [0.29, 0.717) is 24.2 Å². The first-order valence-electron chi connectivity index (χ1n) is 10.6. The SMILES string of the molecule is C=CCCOc1ccc(Nc2ncc(SC)c(Nc3cccc4c3SCN4C(=O)C=C)n2)cc1. The van der Waals surface area contributed by atoms with Crippen molar-refractivity contribution in [2.24, 2.45) is 0 Å². The number of nitrogens with one attached hydrogen (secondary N) is 2. The third-order valence-corrected chi connectivity index (χ3v) is 6.84. The summed E-state index contributed by atoms with van der Waals surface area (Å²) in [7, 11) is 0. The summed E-state index contributed by atoms with van der Waals surface area (Å²) in [6, 6.07) is 13.5. The molecule has 2 N–H and O–H groups in total. The van der Waals surface area contributed by atoms with Gasteiger partial charge in [0.1, 0.15) is 11.6 Å². The summed E-state index contributed by atoms with van der Waals surface area (Å²) in [6.45, 7) is 7.90. The van der Waals surface area contributed by atoms with Crippen LogP contribution < -0.4 is 20.3 Å². The van der Waals surface area contributed by atoms with Gasteiger partial charge in [0.15, 0.2) is 0 Å². The normalized spacial score (nSPS) is 12.1. The molecule has 1 aliphatic rings. The summed E-state index contributed by atoms with van der Waals surface area (Å²) in [5.41, 5.74) is 2.62. The second-order valence-electron chi connectivity index (χ2n) is 7.21. The van der Waals surface area contributed by atoms with Crippen LogP contribution in [-0.4, -0.2) is 34.6 Å². The van der Waals surface area contributed by atoms with Gasteiger partial charge in [0.05, 0.1) is 33.6 Å². The van der Waals surface area contributed by atoms with Crippen LogP contribution in [0.4, 0.5) is 28.8 Å². The molecule has 174 valence electrons. The molecule has 0 spiro atoms. The van der Waals surface area contributed by atoms with Gasteiger partial charge in [-0.15, -0.1) is 18.3 Å². The summed E-state index contributed by atoms with van der Waals surface area (Å²) in [5, 5.41) is 6.69. The Morgan fingerprint density at radius 2 is 2.06 bits per heavy atom. The largest absolute Gasteiger partial charge is 0.493 e. The highest BCUT2D eigenvalue weighted by atomic mass is 32.2. The summed E-state index contributed by atoms with van der Waals surface area (Å²) < 4.78 is 5.66. The quantitative estimate of drug-likeness (QED) is 0.150. The van der Waals surface area contributed by atoms with E-state index < -0.39 is 0 Å². The number of carbonyl (C=O) groups excluding carboxylic acids is 1. The van der Waals surface area contributed by atoms with E-state index in [1.807, 2.05) is 54.8 Å². The summed E-state index contributed by atoms with van der Waals surface area (Å²) >= 11 is 3.17. The lowest BCUT2D eigenvalue weighted by Crippen LogP contribution is -2.25. The number of ether oxygens (including phenoxy) is 1. The van der Waals surface area contributed by atoms with Gasteiger partial charge < -0.3 is 15.4 Å². The van der Waals surface area contributed by atoms with E-state index in [1.165, 1.54) is 6.08 Å². The number of benzene rings is 2. The molecule has 0 bridgehead atoms. The van der Waals surface area contributed by atoms with E-state index in [4.69, 9.17) is 9.72 Å². The van der Waals surface area contributed by atoms with Crippen molar-refractivity contribution in [3.63, 3.8) is 0 Å². The summed E-state index contributed by atoms with van der Waals surface area (Å²) in [5.74, 6) is 2.41. The number of fused-ring (bicyclic) bond motifs is 1. The van der Waals surface area contributed by atoms with Crippen LogP contribution in [0.25, 0.3) is 0 Å². The van der Waals surface area contributed by atoms with Gasteiger partial charge in [-0.1, -0.05) is 30.5 Å². The monoisotopic (exact) mass is 491 g/mol. The van der Waals surface area contributed by atoms with Crippen molar-refractivity contribution in [3.8, 4) is 5.75 Å². The minimum absolute atomic E-state index is 0.112. The van der Waals surface area contributed by atoms with E-state index >= 15 is 0 Å². The molecule has 1 aromatic heterocycles. The average Bonchev–Trinajstić information content (AvgIpc) is 3.30. The molecule has 1 aliphatic heterocycles. The fourth-order valence-electron chi connectivity index (χ4n) is 3.30. The Kier molecular flexibility index (Phi) is 7.76. The number of hydrogen-bond donors (Lipinski definition) is 2. The molecule has 1 amide bonds. The van der Waals surface area contributed by atoms with Crippen molar-refractivity contribution in [2.75, 3.05) is 34.3 Å². The van der Waals surface area contributed by atoms with Gasteiger partial charge in [0.2, 0.25) is 5.95 Å². The summed E-state index contributed by atoms with van der Waals surface area (Å²) in [4.78, 5) is 25.0. The number of aromatic nitrogens is 2. The Labute approximate surface area is 207 Å². The predicted molar refractivity (Wildman–Crippen MR) is 142 cm³/mol. The minimum atomic E-state index is -0.112. The fraction of sp³-hybridized carbons (Fsp3) is 0.160. The Morgan fingerprint density at radius 3 is 2.79 bits per heavy atom. The van der Waals surface area contributed by atoms with Crippen LogP contribution in [-0.2, 0) is 4.79 Å². The van der Waals surface area contributed by atoms with Crippen molar-refractivity contribution in [1.29, 1.82) is 0 Å². The molecule has 2 aromatic carbocycles. The van der Waals surface area contributed by atoms with Crippen molar-refractivity contribution in [2.45, 2.75) is 16.2 Å². The van der Waals surface area contributed by atoms with E-state index in [1.54, 1.807) is 34.6 Å². The predicted octanol–water partition coefficient (Wildman–Crippen LogP) is 6.22. The Morgan fingerprint density at radius 1 is 1.24 bits per heavy atom. The molecular weight excluding hydrogens is 466 g/mol. The molecular formula is C25H25N5O2S2. The van der Waals surface area contributed by atoms with Gasteiger partial charge >= 0.3 is 0 Å². The van der Waals surface area contributed by atoms with Crippen LogP contribution in [0.2, 0.25) is 0 Å². The van der Waals surface area contributed by atoms with Crippen LogP contribution in [0.15, 0.2) is 83.8 Å². The van der Waals surface area contributed by atoms with Gasteiger partial charge in [-0.3, -0.25) is 9.69 Å². The molecule has 0 aliphatic carbocycles. The van der Waals surface area contributed by atoms with E-state index in [-0.39, 0.29) is 5.91 Å². The van der Waals surface area contributed by atoms with Crippen molar-refractivity contribution >= 4 is 58.3 Å². The number of nitrogens with zero attached hydrogens (tertiary/aromatic N) is 3. The van der Waals surface area contributed by atoms with Crippen molar-refractivity contribution < 1.29 is 9.53 Å². The van der Waals surface area contributed by atoms with Crippen molar-refractivity contribution in [3.05, 3.63) is 74.0 Å². The molecule has 34 heavy (non-hydrogen) atoms. The van der Waals surface area contributed by atoms with Crippen LogP contribution >= 0.6 is 23.5 Å². The first-order valence-corrected chi connectivity index (χ1v) is 12.8. The lowest BCUT2D eigenvalue weighted by atomic mass is 10.2. The molecule has 4 rings (SSSR count). The van der Waals surface area contributed by atoms with Gasteiger partial charge in [0.25, 0.3) is 5.91 Å². The molecule has 9 heteroatoms. The second kappa shape index (κ2) is 11.1. The maximum absolute atomic E-state index is 12.2. The van der Waals surface area contributed by atoms with Gasteiger partial charge in [-0.25, -0.2) is 4.98 Å². The zero-order valence-electron chi connectivity index (χ0n) is 18.8. The Bertz CT molecular complexity index is 1200. The van der Waals surface area contributed by atoms with Crippen LogP contribution in [0.5, 0.6) is 5.75 Å². The first kappa shape index (κ1) is 23.7. The number of hydrogen-bond acceptors (Lipinski definition) is 8. The third kappa shape index (κ3) is 5.37. The molecule has 2 heterocycles. The van der Waals surface area contributed by atoms with Crippen molar-refractivity contribution in [1.82, 2.24) is 9.97 Å². The Balaban J connectivity index is 1.53. The molecule has 0 unspecified atom stereocenters. The first-order chi connectivity index (χ1) is 16.6. The maximum atomic E-state index is 12.2. The average molecular weight is 492 g/mol. The minimum Gasteiger partial charge on any atom is -0.493 e. The topological polar surface area (TPSA) is 79.4 Å². The molecule has 3 aromatic rings. The smallest absolute Gasteiger partial charge is 0.251 e. The zero-order valence-corrected chi connectivity index (χ0v) is 20.4. The lowest BCUT2D eigenvalue weighted by molar-refractivity contribution is -0.113. The van der Waals surface area contributed by atoms with Crippen LogP contribution in [0, 0.1) is 0 Å². The number of rotatable bonds is 10. The van der Waals surface area contributed by atoms with E-state index in [0.717, 1.165) is 39.0 Å². The lowest BCUT2D eigenvalue weighted by Gasteiger charge is -2.16. The molecule has 0 radical (unpaired) electrons. The van der Waals surface area contributed by atoms with Gasteiger partial charge in [-0.05, 0) is 55.2 Å². The third-order valence-electron chi connectivity index (χ3n) is 4.99. The fourth-order valence-corrected chi connectivity index (χ4v) is 4.87. The zero-order chi connectivity index (χ0) is 23.9. The maximum Gasteiger partial charge on any atom is 0.251 e. The number of thioether (sulfide) groups is 2. The number of anilines is 5.